The van der Waals surface area contributed by atoms with E-state index in [1.54, 1.807) is 17.9 Å². The Labute approximate surface area is 155 Å². The first-order valence-corrected chi connectivity index (χ1v) is 8.93. The van der Waals surface area contributed by atoms with Crippen molar-refractivity contribution in [2.45, 2.75) is 25.4 Å². The number of fused-ring (bicyclic) bond motifs is 4. The maximum Gasteiger partial charge on any atom is 0.328 e. The van der Waals surface area contributed by atoms with Crippen LogP contribution in [0, 0.1) is 12.7 Å². The molecule has 3 aromatic rings. The van der Waals surface area contributed by atoms with Crippen molar-refractivity contribution in [3.63, 3.8) is 0 Å². The van der Waals surface area contributed by atoms with E-state index >= 15 is 0 Å². The molecule has 0 aliphatic carbocycles. The molecule has 2 unspecified atom stereocenters. The Morgan fingerprint density at radius 3 is 2.59 bits per heavy atom. The molecule has 3 heterocycles. The van der Waals surface area contributed by atoms with Gasteiger partial charge >= 0.3 is 6.03 Å². The lowest BCUT2D eigenvalue weighted by Gasteiger charge is -2.36. The van der Waals surface area contributed by atoms with E-state index in [0.717, 1.165) is 21.7 Å². The zero-order valence-electron chi connectivity index (χ0n) is 15.0. The van der Waals surface area contributed by atoms with E-state index in [4.69, 9.17) is 0 Å². The van der Waals surface area contributed by atoms with Crippen LogP contribution in [0.2, 0.25) is 0 Å². The van der Waals surface area contributed by atoms with Crippen LogP contribution in [0.3, 0.4) is 0 Å². The Morgan fingerprint density at radius 2 is 1.85 bits per heavy atom. The molecule has 136 valence electrons. The zero-order valence-corrected chi connectivity index (χ0v) is 15.0. The summed E-state index contributed by atoms with van der Waals surface area (Å²) in [5.74, 6) is -0.510. The highest BCUT2D eigenvalue weighted by Gasteiger charge is 2.51. The van der Waals surface area contributed by atoms with E-state index in [2.05, 4.69) is 4.98 Å². The molecule has 0 radical (unpaired) electrons. The standard InChI is InChI=1S/C21H18FN3O2/c1-11-8-9-14-16(17(11)22)13-10-15-20(26)24(2)21(27)25(15)19(18(13)23-14)12-6-4-3-5-7-12/h3-9,15,19,23H,10H2,1-2H3. The minimum atomic E-state index is -0.612. The monoisotopic (exact) mass is 363 g/mol. The summed E-state index contributed by atoms with van der Waals surface area (Å²) in [6.45, 7) is 1.73. The van der Waals surface area contributed by atoms with Gasteiger partial charge in [0.15, 0.2) is 0 Å². The molecule has 1 saturated heterocycles. The molecule has 5 rings (SSSR count). The smallest absolute Gasteiger partial charge is 0.328 e. The van der Waals surface area contributed by atoms with Crippen LogP contribution in [0.5, 0.6) is 0 Å². The fourth-order valence-corrected chi connectivity index (χ4v) is 4.39. The van der Waals surface area contributed by atoms with Gasteiger partial charge in [-0.15, -0.1) is 0 Å². The fraction of sp³-hybridized carbons (Fsp3) is 0.238. The molecule has 6 heteroatoms. The third-order valence-electron chi connectivity index (χ3n) is 5.75. The highest BCUT2D eigenvalue weighted by atomic mass is 19.1. The number of nitrogens with zero attached hydrogens (tertiary/aromatic N) is 2. The number of halogens is 1. The Balaban J connectivity index is 1.82. The molecule has 5 nitrogen and oxygen atoms in total. The van der Waals surface area contributed by atoms with E-state index in [0.29, 0.717) is 22.9 Å². The Hall–Kier alpha value is -3.15. The number of benzene rings is 2. The predicted molar refractivity (Wildman–Crippen MR) is 98.8 cm³/mol. The number of amides is 3. The largest absolute Gasteiger partial charge is 0.356 e. The summed E-state index contributed by atoms with van der Waals surface area (Å²) in [5, 5.41) is 0.528. The van der Waals surface area contributed by atoms with Crippen LogP contribution in [0.25, 0.3) is 10.9 Å². The molecule has 3 amide bonds. The molecule has 0 spiro atoms. The van der Waals surface area contributed by atoms with Gasteiger partial charge in [-0.3, -0.25) is 14.6 Å². The molecule has 2 aromatic carbocycles. The minimum Gasteiger partial charge on any atom is -0.356 e. The topological polar surface area (TPSA) is 56.4 Å². The number of H-pyrrole nitrogens is 1. The van der Waals surface area contributed by atoms with Gasteiger partial charge in [0.25, 0.3) is 5.91 Å². The molecule has 2 atom stereocenters. The maximum absolute atomic E-state index is 14.9. The van der Waals surface area contributed by atoms with Gasteiger partial charge in [0, 0.05) is 30.1 Å². The second-order valence-electron chi connectivity index (χ2n) is 7.26. The van der Waals surface area contributed by atoms with Gasteiger partial charge in [0.1, 0.15) is 17.9 Å². The molecule has 0 saturated carbocycles. The summed E-state index contributed by atoms with van der Waals surface area (Å²) in [4.78, 5) is 31.6. The van der Waals surface area contributed by atoms with Gasteiger partial charge in [-0.1, -0.05) is 36.4 Å². The molecule has 27 heavy (non-hydrogen) atoms. The number of hydrogen-bond donors (Lipinski definition) is 1. The SMILES string of the molecule is Cc1ccc2[nH]c3c(c2c1F)CC1C(=O)N(C)C(=O)N1C3c1ccccc1. The van der Waals surface area contributed by atoms with E-state index in [1.165, 1.54) is 7.05 Å². The number of urea groups is 1. The Bertz CT molecular complexity index is 1110. The number of nitrogens with one attached hydrogen (secondary N) is 1. The van der Waals surface area contributed by atoms with E-state index in [1.807, 2.05) is 36.4 Å². The third kappa shape index (κ3) is 2.04. The summed E-state index contributed by atoms with van der Waals surface area (Å²) in [6, 6.07) is 11.8. The second-order valence-corrected chi connectivity index (χ2v) is 7.26. The first kappa shape index (κ1) is 16.1. The van der Waals surface area contributed by atoms with Crippen LogP contribution in [0.4, 0.5) is 9.18 Å². The van der Waals surface area contributed by atoms with Crippen molar-refractivity contribution in [2.75, 3.05) is 7.05 Å². The number of aromatic nitrogens is 1. The van der Waals surface area contributed by atoms with Crippen molar-refractivity contribution in [1.29, 1.82) is 0 Å². The molecule has 2 aliphatic rings. The van der Waals surface area contributed by atoms with Gasteiger partial charge < -0.3 is 4.98 Å². The van der Waals surface area contributed by atoms with E-state index in [9.17, 15) is 14.0 Å². The first-order chi connectivity index (χ1) is 13.0. The quantitative estimate of drug-likeness (QED) is 0.673. The number of rotatable bonds is 1. The number of aryl methyl sites for hydroxylation is 1. The van der Waals surface area contributed by atoms with Gasteiger partial charge in [0.2, 0.25) is 0 Å². The van der Waals surface area contributed by atoms with Gasteiger partial charge in [-0.05, 0) is 29.7 Å². The molecule has 1 aromatic heterocycles. The summed E-state index contributed by atoms with van der Waals surface area (Å²) >= 11 is 0. The highest BCUT2D eigenvalue weighted by Crippen LogP contribution is 2.44. The van der Waals surface area contributed by atoms with Crippen molar-refractivity contribution in [1.82, 2.24) is 14.8 Å². The molecule has 1 fully saturated rings. The number of carbonyl (C=O) groups is 2. The van der Waals surface area contributed by atoms with Crippen molar-refractivity contribution < 1.29 is 14.0 Å². The van der Waals surface area contributed by atoms with E-state index < -0.39 is 12.1 Å². The van der Waals surface area contributed by atoms with Crippen LogP contribution < -0.4 is 0 Å². The zero-order chi connectivity index (χ0) is 18.9. The van der Waals surface area contributed by atoms with Crippen LogP contribution in [0.1, 0.15) is 28.4 Å². The lowest BCUT2D eigenvalue weighted by atomic mass is 9.88. The second kappa shape index (κ2) is 5.42. The Morgan fingerprint density at radius 1 is 1.11 bits per heavy atom. The molecule has 2 aliphatic heterocycles. The van der Waals surface area contributed by atoms with Crippen LogP contribution >= 0.6 is 0 Å². The number of hydrogen-bond acceptors (Lipinski definition) is 2. The highest BCUT2D eigenvalue weighted by molar-refractivity contribution is 6.05. The average molecular weight is 363 g/mol. The van der Waals surface area contributed by atoms with Crippen LogP contribution in [-0.4, -0.2) is 39.8 Å². The van der Waals surface area contributed by atoms with Crippen molar-refractivity contribution >= 4 is 22.8 Å². The van der Waals surface area contributed by atoms with Crippen LogP contribution in [-0.2, 0) is 11.2 Å². The lowest BCUT2D eigenvalue weighted by Crippen LogP contribution is -2.44. The van der Waals surface area contributed by atoms with Crippen molar-refractivity contribution in [2.24, 2.45) is 0 Å². The average Bonchev–Trinajstić information content (AvgIpc) is 3.15. The van der Waals surface area contributed by atoms with E-state index in [-0.39, 0.29) is 17.8 Å². The fourth-order valence-electron chi connectivity index (χ4n) is 4.39. The first-order valence-electron chi connectivity index (χ1n) is 8.93. The summed E-state index contributed by atoms with van der Waals surface area (Å²) in [5.41, 5.74) is 3.72. The summed E-state index contributed by atoms with van der Waals surface area (Å²) < 4.78 is 14.9. The number of carbonyl (C=O) groups excluding carboxylic acids is 2. The minimum absolute atomic E-state index is 0.242. The number of aromatic amines is 1. The molecule has 1 N–H and O–H groups in total. The third-order valence-corrected chi connectivity index (χ3v) is 5.75. The summed E-state index contributed by atoms with van der Waals surface area (Å²) in [7, 11) is 1.50. The number of imide groups is 1. The molecular formula is C21H18FN3O2. The lowest BCUT2D eigenvalue weighted by molar-refractivity contribution is -0.127. The maximum atomic E-state index is 14.9. The Kier molecular flexibility index (Phi) is 3.22. The van der Waals surface area contributed by atoms with Crippen molar-refractivity contribution in [3.05, 3.63) is 70.7 Å². The summed E-state index contributed by atoms with van der Waals surface area (Å²) in [6.07, 6.45) is 0.313. The normalized spacial score (nSPS) is 21.7. The van der Waals surface area contributed by atoms with Crippen molar-refractivity contribution in [3.8, 4) is 0 Å². The molecular weight excluding hydrogens is 345 g/mol. The number of likely N-dealkylation sites (N-methyl/N-ethyl adjacent to an activating group) is 1. The van der Waals surface area contributed by atoms with Gasteiger partial charge in [-0.25, -0.2) is 9.18 Å². The predicted octanol–water partition coefficient (Wildman–Crippen LogP) is 3.52. The van der Waals surface area contributed by atoms with Gasteiger partial charge in [-0.2, -0.15) is 0 Å². The molecule has 0 bridgehead atoms. The van der Waals surface area contributed by atoms with Crippen LogP contribution in [0.15, 0.2) is 42.5 Å². The van der Waals surface area contributed by atoms with Gasteiger partial charge in [0.05, 0.1) is 0 Å².